The molecule has 1 amide bonds. The smallest absolute Gasteiger partial charge is 0.331 e. The summed E-state index contributed by atoms with van der Waals surface area (Å²) in [6.07, 6.45) is 2.79. The number of amides is 1. The molecule has 2 aromatic rings. The van der Waals surface area contributed by atoms with Gasteiger partial charge in [-0.25, -0.2) is 4.79 Å². The Morgan fingerprint density at radius 3 is 2.33 bits per heavy atom. The van der Waals surface area contributed by atoms with E-state index in [1.54, 1.807) is 55.7 Å². The van der Waals surface area contributed by atoms with Gasteiger partial charge >= 0.3 is 5.97 Å². The molecule has 27 heavy (non-hydrogen) atoms. The van der Waals surface area contributed by atoms with Crippen LogP contribution in [0.25, 0.3) is 6.08 Å². The van der Waals surface area contributed by atoms with Crippen molar-refractivity contribution >= 4 is 23.6 Å². The molecule has 0 aliphatic rings. The van der Waals surface area contributed by atoms with E-state index in [2.05, 4.69) is 5.32 Å². The number of carbonyl (C=O) groups is 2. The maximum Gasteiger partial charge on any atom is 0.331 e. The average molecular weight is 371 g/mol. The van der Waals surface area contributed by atoms with Crippen LogP contribution in [0.15, 0.2) is 48.5 Å². The van der Waals surface area contributed by atoms with Gasteiger partial charge in [0.2, 0.25) is 0 Å². The van der Waals surface area contributed by atoms with Crippen LogP contribution < -0.4 is 19.5 Å². The first-order chi connectivity index (χ1) is 13.1. The summed E-state index contributed by atoms with van der Waals surface area (Å²) in [7, 11) is 4.57. The first-order valence-corrected chi connectivity index (χ1v) is 8.07. The van der Waals surface area contributed by atoms with E-state index in [1.165, 1.54) is 20.3 Å². The average Bonchev–Trinajstić information content (AvgIpc) is 2.70. The Labute approximate surface area is 157 Å². The molecule has 0 heterocycles. The summed E-state index contributed by atoms with van der Waals surface area (Å²) >= 11 is 0. The molecule has 0 atom stereocenters. The Bertz CT molecular complexity index is 831. The fourth-order valence-corrected chi connectivity index (χ4v) is 2.24. The molecule has 0 saturated carbocycles. The number of ether oxygens (including phenoxy) is 4. The van der Waals surface area contributed by atoms with E-state index in [-0.39, 0.29) is 0 Å². The van der Waals surface area contributed by atoms with Gasteiger partial charge in [0.05, 0.1) is 27.0 Å². The normalized spacial score (nSPS) is 10.3. The summed E-state index contributed by atoms with van der Waals surface area (Å²) in [6, 6.07) is 12.2. The highest BCUT2D eigenvalue weighted by Crippen LogP contribution is 2.28. The third kappa shape index (κ3) is 5.78. The van der Waals surface area contributed by atoms with E-state index in [4.69, 9.17) is 18.9 Å². The van der Waals surface area contributed by atoms with Crippen molar-refractivity contribution in [2.24, 2.45) is 0 Å². The zero-order valence-electron chi connectivity index (χ0n) is 15.4. The molecule has 0 radical (unpaired) electrons. The zero-order valence-corrected chi connectivity index (χ0v) is 15.4. The number of esters is 1. The Morgan fingerprint density at radius 2 is 1.63 bits per heavy atom. The summed E-state index contributed by atoms with van der Waals surface area (Å²) in [5.74, 6) is 0.548. The fraction of sp³-hybridized carbons (Fsp3) is 0.200. The van der Waals surface area contributed by atoms with Crippen molar-refractivity contribution in [3.63, 3.8) is 0 Å². The minimum absolute atomic E-state index is 0.410. The first-order valence-electron chi connectivity index (χ1n) is 8.07. The fourth-order valence-electron chi connectivity index (χ4n) is 2.24. The van der Waals surface area contributed by atoms with Gasteiger partial charge in [-0.15, -0.1) is 0 Å². The molecule has 0 aliphatic heterocycles. The first kappa shape index (κ1) is 19.8. The predicted molar refractivity (Wildman–Crippen MR) is 101 cm³/mol. The standard InChI is InChI=1S/C20H21NO6/c1-24-16-7-5-4-6-15(16)21-19(22)13-27-20(23)11-9-14-8-10-17(25-2)18(12-14)26-3/h4-12H,13H2,1-3H3,(H,21,22). The van der Waals surface area contributed by atoms with Crippen LogP contribution in [-0.2, 0) is 14.3 Å². The lowest BCUT2D eigenvalue weighted by Gasteiger charge is -2.09. The van der Waals surface area contributed by atoms with E-state index in [0.29, 0.717) is 22.9 Å². The molecule has 2 aromatic carbocycles. The number of hydrogen-bond acceptors (Lipinski definition) is 6. The second kappa shape index (κ2) is 9.86. The van der Waals surface area contributed by atoms with Gasteiger partial charge in [-0.3, -0.25) is 4.79 Å². The lowest BCUT2D eigenvalue weighted by atomic mass is 10.2. The molecule has 142 valence electrons. The molecule has 1 N–H and O–H groups in total. The minimum Gasteiger partial charge on any atom is -0.495 e. The number of benzene rings is 2. The van der Waals surface area contributed by atoms with Crippen molar-refractivity contribution < 1.29 is 28.5 Å². The lowest BCUT2D eigenvalue weighted by Crippen LogP contribution is -2.20. The molecule has 0 fully saturated rings. The van der Waals surface area contributed by atoms with Gasteiger partial charge in [0.1, 0.15) is 5.75 Å². The van der Waals surface area contributed by atoms with Crippen LogP contribution in [0.4, 0.5) is 5.69 Å². The van der Waals surface area contributed by atoms with Crippen LogP contribution in [0, 0.1) is 0 Å². The minimum atomic E-state index is -0.639. The third-order valence-corrected chi connectivity index (χ3v) is 3.55. The number of methoxy groups -OCH3 is 3. The summed E-state index contributed by atoms with van der Waals surface area (Å²) in [4.78, 5) is 23.7. The third-order valence-electron chi connectivity index (χ3n) is 3.55. The maximum atomic E-state index is 11.9. The van der Waals surface area contributed by atoms with E-state index in [1.807, 2.05) is 0 Å². The van der Waals surface area contributed by atoms with E-state index in [0.717, 1.165) is 5.56 Å². The number of hydrogen-bond donors (Lipinski definition) is 1. The number of nitrogens with one attached hydrogen (secondary N) is 1. The second-order valence-corrected chi connectivity index (χ2v) is 5.30. The van der Waals surface area contributed by atoms with E-state index in [9.17, 15) is 9.59 Å². The van der Waals surface area contributed by atoms with Crippen molar-refractivity contribution in [2.75, 3.05) is 33.3 Å². The maximum absolute atomic E-state index is 11.9. The number of anilines is 1. The molecule has 0 aromatic heterocycles. The molecule has 0 saturated heterocycles. The summed E-state index contributed by atoms with van der Waals surface area (Å²) in [5, 5.41) is 2.62. The molecule has 7 nitrogen and oxygen atoms in total. The van der Waals surface area contributed by atoms with Crippen molar-refractivity contribution in [1.82, 2.24) is 0 Å². The van der Waals surface area contributed by atoms with Gasteiger partial charge < -0.3 is 24.3 Å². The van der Waals surface area contributed by atoms with Crippen LogP contribution in [0.3, 0.4) is 0 Å². The van der Waals surface area contributed by atoms with Crippen molar-refractivity contribution in [3.8, 4) is 17.2 Å². The lowest BCUT2D eigenvalue weighted by molar-refractivity contribution is -0.142. The Balaban J connectivity index is 1.88. The number of carbonyl (C=O) groups excluding carboxylic acids is 2. The quantitative estimate of drug-likeness (QED) is 0.567. The van der Waals surface area contributed by atoms with Gasteiger partial charge in [-0.2, -0.15) is 0 Å². The van der Waals surface area contributed by atoms with Crippen LogP contribution in [0.2, 0.25) is 0 Å². The summed E-state index contributed by atoms with van der Waals surface area (Å²) in [5.41, 5.74) is 1.23. The molecule has 0 bridgehead atoms. The number of rotatable bonds is 8. The van der Waals surface area contributed by atoms with Crippen LogP contribution >= 0.6 is 0 Å². The predicted octanol–water partition coefficient (Wildman–Crippen LogP) is 2.91. The largest absolute Gasteiger partial charge is 0.495 e. The number of para-hydroxylation sites is 2. The van der Waals surface area contributed by atoms with Crippen LogP contribution in [-0.4, -0.2) is 39.8 Å². The SMILES string of the molecule is COc1ccccc1NC(=O)COC(=O)C=Cc1ccc(OC)c(OC)c1. The van der Waals surface area contributed by atoms with Crippen LogP contribution in [0.1, 0.15) is 5.56 Å². The Hall–Kier alpha value is -3.48. The summed E-state index contributed by atoms with van der Waals surface area (Å²) < 4.78 is 20.4. The highest BCUT2D eigenvalue weighted by atomic mass is 16.5. The Kier molecular flexibility index (Phi) is 7.25. The molecule has 0 aliphatic carbocycles. The zero-order chi connectivity index (χ0) is 19.6. The second-order valence-electron chi connectivity index (χ2n) is 5.30. The van der Waals surface area contributed by atoms with Crippen molar-refractivity contribution in [3.05, 3.63) is 54.1 Å². The highest BCUT2D eigenvalue weighted by molar-refractivity contribution is 5.95. The molecule has 2 rings (SSSR count). The summed E-state index contributed by atoms with van der Waals surface area (Å²) in [6.45, 7) is -0.410. The van der Waals surface area contributed by atoms with Crippen LogP contribution in [0.5, 0.6) is 17.2 Å². The van der Waals surface area contributed by atoms with E-state index < -0.39 is 18.5 Å². The Morgan fingerprint density at radius 1 is 0.926 bits per heavy atom. The van der Waals surface area contributed by atoms with Gasteiger partial charge in [-0.1, -0.05) is 18.2 Å². The van der Waals surface area contributed by atoms with Gasteiger partial charge in [0, 0.05) is 6.08 Å². The van der Waals surface area contributed by atoms with E-state index >= 15 is 0 Å². The molecule has 0 spiro atoms. The van der Waals surface area contributed by atoms with Gasteiger partial charge in [0.25, 0.3) is 5.91 Å². The molecule has 0 unspecified atom stereocenters. The topological polar surface area (TPSA) is 83.1 Å². The molecular formula is C20H21NO6. The molecular weight excluding hydrogens is 350 g/mol. The van der Waals surface area contributed by atoms with Gasteiger partial charge in [0.15, 0.2) is 18.1 Å². The highest BCUT2D eigenvalue weighted by Gasteiger charge is 2.09. The monoisotopic (exact) mass is 371 g/mol. The molecule has 7 heteroatoms. The van der Waals surface area contributed by atoms with Gasteiger partial charge in [-0.05, 0) is 35.9 Å². The van der Waals surface area contributed by atoms with Crippen molar-refractivity contribution in [1.29, 1.82) is 0 Å². The van der Waals surface area contributed by atoms with Crippen molar-refractivity contribution in [2.45, 2.75) is 0 Å².